The molecule has 19 heteroatoms. The largest absolute Gasteiger partial charge is 0.472 e. The molecule has 0 aromatic rings. The molecule has 0 aliphatic carbocycles. The second kappa shape index (κ2) is 58.4. The van der Waals surface area contributed by atoms with Crippen LogP contribution in [0.2, 0.25) is 0 Å². The minimum atomic E-state index is -4.95. The maximum atomic E-state index is 13.0. The van der Waals surface area contributed by atoms with Crippen molar-refractivity contribution >= 4 is 39.5 Å². The van der Waals surface area contributed by atoms with E-state index in [0.29, 0.717) is 31.6 Å². The van der Waals surface area contributed by atoms with E-state index in [9.17, 15) is 43.2 Å². The minimum absolute atomic E-state index is 0.102. The van der Waals surface area contributed by atoms with Crippen LogP contribution in [0.15, 0.2) is 0 Å². The van der Waals surface area contributed by atoms with E-state index in [2.05, 4.69) is 41.5 Å². The molecule has 3 unspecified atom stereocenters. The molecule has 504 valence electrons. The average Bonchev–Trinajstić information content (AvgIpc) is 3.47. The Hall–Kier alpha value is -1.94. The average molecular weight is 1260 g/mol. The lowest BCUT2D eigenvalue weighted by molar-refractivity contribution is -0.161. The summed E-state index contributed by atoms with van der Waals surface area (Å²) in [6.07, 6.45) is 41.9. The van der Waals surface area contributed by atoms with Crippen molar-refractivity contribution in [3.05, 3.63) is 0 Å². The van der Waals surface area contributed by atoms with Crippen LogP contribution in [0.1, 0.15) is 330 Å². The number of phosphoric ester groups is 2. The van der Waals surface area contributed by atoms with Gasteiger partial charge in [0.15, 0.2) is 12.2 Å². The van der Waals surface area contributed by atoms with Gasteiger partial charge in [0, 0.05) is 25.7 Å². The fourth-order valence-electron chi connectivity index (χ4n) is 9.85. The Bertz CT molecular complexity index is 1670. The summed E-state index contributed by atoms with van der Waals surface area (Å²) in [6, 6.07) is 0. The number of ether oxygens (including phenoxy) is 4. The number of phosphoric acid groups is 2. The number of hydrogen-bond donors (Lipinski definition) is 3. The first-order valence-electron chi connectivity index (χ1n) is 34.5. The number of aliphatic hydroxyl groups excluding tert-OH is 1. The predicted octanol–water partition coefficient (Wildman–Crippen LogP) is 18.4. The third-order valence-corrected chi connectivity index (χ3v) is 17.5. The lowest BCUT2D eigenvalue weighted by Gasteiger charge is -2.21. The summed E-state index contributed by atoms with van der Waals surface area (Å²) in [4.78, 5) is 72.2. The molecular formula is C66H128O17P2. The van der Waals surface area contributed by atoms with Gasteiger partial charge in [-0.1, -0.05) is 279 Å². The molecule has 0 aliphatic rings. The highest BCUT2D eigenvalue weighted by Crippen LogP contribution is 2.45. The van der Waals surface area contributed by atoms with E-state index in [1.165, 1.54) is 141 Å². The van der Waals surface area contributed by atoms with Crippen LogP contribution in [-0.2, 0) is 65.4 Å². The fourth-order valence-corrected chi connectivity index (χ4v) is 11.4. The summed E-state index contributed by atoms with van der Waals surface area (Å²) in [6.45, 7) is 9.40. The molecule has 0 saturated carbocycles. The number of carbonyl (C=O) groups excluding carboxylic acids is 4. The Balaban J connectivity index is 5.21. The van der Waals surface area contributed by atoms with Gasteiger partial charge >= 0.3 is 39.5 Å². The quantitative estimate of drug-likeness (QED) is 0.0222. The number of rotatable bonds is 65. The summed E-state index contributed by atoms with van der Waals surface area (Å²) in [5.41, 5.74) is 0. The normalized spacial score (nSPS) is 14.6. The van der Waals surface area contributed by atoms with Crippen LogP contribution >= 0.6 is 15.6 Å². The smallest absolute Gasteiger partial charge is 0.462 e. The van der Waals surface area contributed by atoms with Crippen molar-refractivity contribution in [1.82, 2.24) is 0 Å². The molecule has 0 aromatic carbocycles. The van der Waals surface area contributed by atoms with E-state index < -0.39 is 97.5 Å². The lowest BCUT2D eigenvalue weighted by Crippen LogP contribution is -2.30. The van der Waals surface area contributed by atoms with Crippen LogP contribution in [0, 0.1) is 11.8 Å². The zero-order valence-electron chi connectivity index (χ0n) is 54.9. The molecule has 85 heavy (non-hydrogen) atoms. The summed E-state index contributed by atoms with van der Waals surface area (Å²) in [7, 11) is -9.89. The molecule has 3 N–H and O–H groups in total. The number of esters is 4. The number of hydrogen-bond acceptors (Lipinski definition) is 15. The van der Waals surface area contributed by atoms with Crippen LogP contribution < -0.4 is 0 Å². The first-order chi connectivity index (χ1) is 40.9. The van der Waals surface area contributed by atoms with Crippen molar-refractivity contribution in [2.75, 3.05) is 39.6 Å². The van der Waals surface area contributed by atoms with Crippen LogP contribution in [0.4, 0.5) is 0 Å². The van der Waals surface area contributed by atoms with Crippen molar-refractivity contribution in [2.45, 2.75) is 349 Å². The van der Waals surface area contributed by atoms with Gasteiger partial charge in [-0.3, -0.25) is 37.3 Å². The standard InChI is InChI=1S/C66H128O17P2/c1-7-10-12-14-16-18-19-20-21-22-23-24-25-31-38-44-50-65(70)82-61(54-77-64(69)49-43-37-30-27-26-28-35-41-47-59(6)9-3)56-80-84(72,73)78-52-60(67)53-79-85(74,75)81-57-62(55-76-63(68)48-42-36-29-17-15-13-11-8-2)83-66(71)51-45-39-33-32-34-40-46-58(4)5/h58-62,67H,7-57H2,1-6H3,(H,72,73)(H,74,75)/t59?,60-,61-,62-/m1/s1. The Labute approximate surface area is 517 Å². The Kier molecular flexibility index (Phi) is 57.1. The molecule has 0 saturated heterocycles. The first-order valence-corrected chi connectivity index (χ1v) is 37.5. The molecule has 0 bridgehead atoms. The van der Waals surface area contributed by atoms with E-state index in [1.54, 1.807) is 0 Å². The van der Waals surface area contributed by atoms with Crippen molar-refractivity contribution in [3.8, 4) is 0 Å². The van der Waals surface area contributed by atoms with Crippen molar-refractivity contribution < 1.29 is 80.2 Å². The molecule has 0 fully saturated rings. The van der Waals surface area contributed by atoms with Crippen molar-refractivity contribution in [3.63, 3.8) is 0 Å². The second-order valence-corrected chi connectivity index (χ2v) is 27.5. The summed E-state index contributed by atoms with van der Waals surface area (Å²) in [5, 5.41) is 10.5. The maximum Gasteiger partial charge on any atom is 0.472 e. The highest BCUT2D eigenvalue weighted by molar-refractivity contribution is 7.47. The highest BCUT2D eigenvalue weighted by atomic mass is 31.2. The van der Waals surface area contributed by atoms with E-state index in [0.717, 1.165) is 102 Å². The van der Waals surface area contributed by atoms with Gasteiger partial charge in [0.2, 0.25) is 0 Å². The van der Waals surface area contributed by atoms with Gasteiger partial charge in [-0.2, -0.15) is 0 Å². The van der Waals surface area contributed by atoms with Gasteiger partial charge in [0.25, 0.3) is 0 Å². The van der Waals surface area contributed by atoms with Gasteiger partial charge in [0.1, 0.15) is 19.3 Å². The molecule has 0 aliphatic heterocycles. The molecule has 0 heterocycles. The summed E-state index contributed by atoms with van der Waals surface area (Å²) < 4.78 is 68.0. The third-order valence-electron chi connectivity index (χ3n) is 15.6. The maximum absolute atomic E-state index is 13.0. The van der Waals surface area contributed by atoms with E-state index in [-0.39, 0.29) is 25.7 Å². The van der Waals surface area contributed by atoms with Crippen molar-refractivity contribution in [2.24, 2.45) is 11.8 Å². The lowest BCUT2D eigenvalue weighted by atomic mass is 9.99. The molecule has 17 nitrogen and oxygen atoms in total. The predicted molar refractivity (Wildman–Crippen MR) is 340 cm³/mol. The number of unbranched alkanes of at least 4 members (excludes halogenated alkanes) is 34. The topological polar surface area (TPSA) is 237 Å². The van der Waals surface area contributed by atoms with Crippen molar-refractivity contribution in [1.29, 1.82) is 0 Å². The van der Waals surface area contributed by atoms with Crippen LogP contribution in [0.25, 0.3) is 0 Å². The zero-order valence-corrected chi connectivity index (χ0v) is 56.7. The second-order valence-electron chi connectivity index (χ2n) is 24.6. The van der Waals surface area contributed by atoms with Gasteiger partial charge in [-0.25, -0.2) is 9.13 Å². The fraction of sp³-hybridized carbons (Fsp3) is 0.939. The van der Waals surface area contributed by atoms with Crippen LogP contribution in [-0.4, -0.2) is 96.7 Å². The third kappa shape index (κ3) is 59.5. The van der Waals surface area contributed by atoms with Gasteiger partial charge in [-0.05, 0) is 37.5 Å². The summed E-state index contributed by atoms with van der Waals surface area (Å²) in [5.74, 6) is -0.689. The Morgan fingerprint density at radius 1 is 0.341 bits per heavy atom. The van der Waals surface area contributed by atoms with E-state index in [1.807, 2.05) is 0 Å². The molecule has 0 amide bonds. The number of carbonyl (C=O) groups is 4. The molecule has 6 atom stereocenters. The highest BCUT2D eigenvalue weighted by Gasteiger charge is 2.30. The molecule has 0 rings (SSSR count). The SMILES string of the molecule is CCCCCCCCCCCCCCCCCCC(=O)O[C@H](COC(=O)CCCCCCCCCCC(C)CC)COP(=O)(O)OC[C@@H](O)COP(=O)(O)OC[C@@H](COC(=O)CCCCCCCCCC)OC(=O)CCCCCCCCC(C)C. The molecule has 0 spiro atoms. The Morgan fingerprint density at radius 2 is 0.600 bits per heavy atom. The molecule has 0 aromatic heterocycles. The summed E-state index contributed by atoms with van der Waals surface area (Å²) >= 11 is 0. The molecule has 0 radical (unpaired) electrons. The number of aliphatic hydroxyl groups is 1. The van der Waals surface area contributed by atoms with Gasteiger partial charge in [0.05, 0.1) is 26.4 Å². The molecular weight excluding hydrogens is 1130 g/mol. The van der Waals surface area contributed by atoms with Gasteiger partial charge < -0.3 is 33.8 Å². The van der Waals surface area contributed by atoms with E-state index >= 15 is 0 Å². The zero-order chi connectivity index (χ0) is 62.9. The van der Waals surface area contributed by atoms with Crippen LogP contribution in [0.3, 0.4) is 0 Å². The van der Waals surface area contributed by atoms with E-state index in [4.69, 9.17) is 37.0 Å². The minimum Gasteiger partial charge on any atom is -0.462 e. The Morgan fingerprint density at radius 3 is 0.894 bits per heavy atom. The van der Waals surface area contributed by atoms with Crippen LogP contribution in [0.5, 0.6) is 0 Å². The van der Waals surface area contributed by atoms with Gasteiger partial charge in [-0.15, -0.1) is 0 Å². The first kappa shape index (κ1) is 83.1. The monoisotopic (exact) mass is 1250 g/mol.